The first-order valence-electron chi connectivity index (χ1n) is 13.3. The summed E-state index contributed by atoms with van der Waals surface area (Å²) in [5.41, 5.74) is 3.23. The largest absolute Gasteiger partial charge is 0.381 e. The highest BCUT2D eigenvalue weighted by Gasteiger charge is 2.68. The minimum Gasteiger partial charge on any atom is -0.381 e. The monoisotopic (exact) mass is 472 g/mol. The van der Waals surface area contributed by atoms with Crippen molar-refractivity contribution in [2.45, 2.75) is 82.4 Å². The summed E-state index contributed by atoms with van der Waals surface area (Å²) in [7, 11) is 1.78. The Bertz CT molecular complexity index is 1130. The predicted octanol–water partition coefficient (Wildman–Crippen LogP) is 5.67. The lowest BCUT2D eigenvalue weighted by molar-refractivity contribution is -0.140. The van der Waals surface area contributed by atoms with E-state index in [0.717, 1.165) is 55.6 Å². The van der Waals surface area contributed by atoms with Gasteiger partial charge in [0.15, 0.2) is 5.54 Å². The van der Waals surface area contributed by atoms with Crippen LogP contribution in [0.3, 0.4) is 0 Å². The van der Waals surface area contributed by atoms with Gasteiger partial charge in [-0.2, -0.15) is 0 Å². The van der Waals surface area contributed by atoms with E-state index in [-0.39, 0.29) is 29.5 Å². The van der Waals surface area contributed by atoms with Crippen LogP contribution in [0.5, 0.6) is 0 Å². The second-order valence-electron chi connectivity index (χ2n) is 11.3. The number of urea groups is 1. The van der Waals surface area contributed by atoms with Gasteiger partial charge in [0, 0.05) is 12.5 Å². The van der Waals surface area contributed by atoms with E-state index in [1.54, 1.807) is 7.11 Å². The van der Waals surface area contributed by atoms with Crippen molar-refractivity contribution >= 4 is 11.9 Å². The summed E-state index contributed by atoms with van der Waals surface area (Å²) in [5, 5.41) is 3.33. The van der Waals surface area contributed by atoms with Crippen LogP contribution in [0.2, 0.25) is 0 Å². The lowest BCUT2D eigenvalue weighted by atomic mass is 9.61. The lowest BCUT2D eigenvalue weighted by Crippen LogP contribution is -2.56. The van der Waals surface area contributed by atoms with Crippen LogP contribution in [0.15, 0.2) is 48.5 Å². The summed E-state index contributed by atoms with van der Waals surface area (Å²) in [6.07, 6.45) is 9.58. The molecule has 0 radical (unpaired) electrons. The average Bonchev–Trinajstić information content (AvgIpc) is 3.63. The molecule has 5 nitrogen and oxygen atoms in total. The molecule has 2 aromatic carbocycles. The topological polar surface area (TPSA) is 58.6 Å². The van der Waals surface area contributed by atoms with Crippen LogP contribution < -0.4 is 5.32 Å². The van der Waals surface area contributed by atoms with Gasteiger partial charge in [-0.15, -0.1) is 0 Å². The van der Waals surface area contributed by atoms with Crippen molar-refractivity contribution in [3.8, 4) is 0 Å². The molecule has 0 aromatic heterocycles. The van der Waals surface area contributed by atoms with Gasteiger partial charge in [0.05, 0.1) is 12.1 Å². The Balaban J connectivity index is 1.42. The molecule has 3 amide bonds. The van der Waals surface area contributed by atoms with Crippen molar-refractivity contribution in [3.05, 3.63) is 70.8 Å². The molecule has 1 heterocycles. The van der Waals surface area contributed by atoms with E-state index >= 15 is 0 Å². The molecule has 2 unspecified atom stereocenters. The number of fused-ring (bicyclic) bond motifs is 3. The van der Waals surface area contributed by atoms with Crippen LogP contribution in [0.25, 0.3) is 0 Å². The maximum absolute atomic E-state index is 14.5. The SMILES string of the molecule is COC1CCC2(CC1)Cc1ccc(CCC3CC3)cc1C21NC(=O)N(C(C)c2ccccc2)C1=O. The summed E-state index contributed by atoms with van der Waals surface area (Å²) < 4.78 is 5.68. The third-order valence-corrected chi connectivity index (χ3v) is 9.39. The molecule has 1 N–H and O–H groups in total. The Morgan fingerprint density at radius 1 is 1.06 bits per heavy atom. The van der Waals surface area contributed by atoms with Gasteiger partial charge in [0.1, 0.15) is 0 Å². The number of rotatable bonds is 6. The summed E-state index contributed by atoms with van der Waals surface area (Å²) in [5.74, 6) is 0.788. The maximum atomic E-state index is 14.5. The molecule has 184 valence electrons. The average molecular weight is 473 g/mol. The highest BCUT2D eigenvalue weighted by atomic mass is 16.5. The third kappa shape index (κ3) is 3.54. The van der Waals surface area contributed by atoms with E-state index in [0.29, 0.717) is 0 Å². The number of imide groups is 1. The normalized spacial score (nSPS) is 30.7. The number of ether oxygens (including phenoxy) is 1. The summed E-state index contributed by atoms with van der Waals surface area (Å²) in [6.45, 7) is 1.96. The molecule has 35 heavy (non-hydrogen) atoms. The molecule has 6 rings (SSSR count). The Kier molecular flexibility index (Phi) is 5.52. The second-order valence-corrected chi connectivity index (χ2v) is 11.3. The van der Waals surface area contributed by atoms with E-state index in [4.69, 9.17) is 4.74 Å². The minimum atomic E-state index is -0.989. The predicted molar refractivity (Wildman–Crippen MR) is 135 cm³/mol. The fourth-order valence-electron chi connectivity index (χ4n) is 7.10. The molecule has 0 bridgehead atoms. The highest BCUT2D eigenvalue weighted by molar-refractivity contribution is 6.09. The van der Waals surface area contributed by atoms with E-state index in [9.17, 15) is 9.59 Å². The number of hydrogen-bond donors (Lipinski definition) is 1. The van der Waals surface area contributed by atoms with Gasteiger partial charge in [-0.25, -0.2) is 4.79 Å². The van der Waals surface area contributed by atoms with Crippen LogP contribution in [0.1, 0.15) is 80.2 Å². The number of carbonyl (C=O) groups excluding carboxylic acids is 2. The standard InChI is InChI=1S/C30H36N2O3/c1-20(23-6-4-3-5-7-23)32-27(33)30(31-28(32)34)26-18-22(11-10-21-8-9-21)12-13-24(26)19-29(30)16-14-25(35-2)15-17-29/h3-7,12-13,18,20-21,25H,8-11,14-17,19H2,1-2H3,(H,31,34). The minimum absolute atomic E-state index is 0.0761. The van der Waals surface area contributed by atoms with Crippen LogP contribution >= 0.6 is 0 Å². The first kappa shape index (κ1) is 22.8. The van der Waals surface area contributed by atoms with Crippen LogP contribution in [0, 0.1) is 11.3 Å². The van der Waals surface area contributed by atoms with Crippen molar-refractivity contribution in [2.24, 2.45) is 11.3 Å². The lowest BCUT2D eigenvalue weighted by Gasteiger charge is -2.46. The van der Waals surface area contributed by atoms with E-state index in [1.165, 1.54) is 35.3 Å². The van der Waals surface area contributed by atoms with Gasteiger partial charge in [-0.05, 0) is 80.0 Å². The molecule has 2 aromatic rings. The zero-order valence-corrected chi connectivity index (χ0v) is 20.9. The molecule has 2 atom stereocenters. The van der Waals surface area contributed by atoms with Gasteiger partial charge in [0.25, 0.3) is 5.91 Å². The summed E-state index contributed by atoms with van der Waals surface area (Å²) >= 11 is 0. The Morgan fingerprint density at radius 2 is 1.80 bits per heavy atom. The Labute approximate surface area is 208 Å². The molecular weight excluding hydrogens is 436 g/mol. The number of amides is 3. The van der Waals surface area contributed by atoms with Crippen molar-refractivity contribution in [3.63, 3.8) is 0 Å². The third-order valence-electron chi connectivity index (χ3n) is 9.39. The fourth-order valence-corrected chi connectivity index (χ4v) is 7.10. The number of benzene rings is 2. The maximum Gasteiger partial charge on any atom is 0.325 e. The zero-order valence-electron chi connectivity index (χ0n) is 20.9. The summed E-state index contributed by atoms with van der Waals surface area (Å²) in [6, 6.07) is 16.0. The molecule has 3 fully saturated rings. The number of aryl methyl sites for hydroxylation is 1. The number of carbonyl (C=O) groups is 2. The van der Waals surface area contributed by atoms with Crippen LogP contribution in [0.4, 0.5) is 4.79 Å². The molecule has 3 aliphatic carbocycles. The number of hydrogen-bond acceptors (Lipinski definition) is 3. The highest BCUT2D eigenvalue weighted by Crippen LogP contribution is 2.60. The van der Waals surface area contributed by atoms with Gasteiger partial charge in [-0.1, -0.05) is 61.4 Å². The quantitative estimate of drug-likeness (QED) is 0.551. The van der Waals surface area contributed by atoms with Gasteiger partial charge >= 0.3 is 6.03 Å². The number of nitrogens with zero attached hydrogens (tertiary/aromatic N) is 1. The van der Waals surface area contributed by atoms with Gasteiger partial charge < -0.3 is 10.1 Å². The molecule has 1 aliphatic heterocycles. The summed E-state index contributed by atoms with van der Waals surface area (Å²) in [4.78, 5) is 29.6. The molecule has 4 aliphatic rings. The van der Waals surface area contributed by atoms with Crippen molar-refractivity contribution in [2.75, 3.05) is 7.11 Å². The van der Waals surface area contributed by atoms with Gasteiger partial charge in [-0.3, -0.25) is 9.69 Å². The first-order chi connectivity index (χ1) is 17.0. The number of nitrogens with one attached hydrogen (secondary N) is 1. The molecule has 2 spiro atoms. The first-order valence-corrected chi connectivity index (χ1v) is 13.3. The van der Waals surface area contributed by atoms with Crippen molar-refractivity contribution in [1.29, 1.82) is 0 Å². The zero-order chi connectivity index (χ0) is 24.2. The molecule has 5 heteroatoms. The van der Waals surface area contributed by atoms with Crippen molar-refractivity contribution < 1.29 is 14.3 Å². The molecular formula is C30H36N2O3. The van der Waals surface area contributed by atoms with Gasteiger partial charge in [0.2, 0.25) is 0 Å². The second kappa shape index (κ2) is 8.48. The van der Waals surface area contributed by atoms with Crippen molar-refractivity contribution in [1.82, 2.24) is 10.2 Å². The fraction of sp³-hybridized carbons (Fsp3) is 0.533. The molecule has 1 saturated heterocycles. The Hall–Kier alpha value is -2.66. The molecule has 2 saturated carbocycles. The van der Waals surface area contributed by atoms with E-state index in [2.05, 4.69) is 23.5 Å². The van der Waals surface area contributed by atoms with Crippen LogP contribution in [-0.2, 0) is 27.9 Å². The Morgan fingerprint density at radius 3 is 2.49 bits per heavy atom. The number of methoxy groups -OCH3 is 1. The van der Waals surface area contributed by atoms with E-state index in [1.807, 2.05) is 37.3 Å². The van der Waals surface area contributed by atoms with Crippen LogP contribution in [-0.4, -0.2) is 30.1 Å². The van der Waals surface area contributed by atoms with E-state index < -0.39 is 5.54 Å². The smallest absolute Gasteiger partial charge is 0.325 e.